The van der Waals surface area contributed by atoms with Crippen LogP contribution in [0.15, 0.2) is 48.5 Å². The highest BCUT2D eigenvalue weighted by Crippen LogP contribution is 2.29. The molecule has 0 radical (unpaired) electrons. The van der Waals surface area contributed by atoms with Crippen LogP contribution in [0.1, 0.15) is 32.3 Å². The van der Waals surface area contributed by atoms with Gasteiger partial charge in [0.1, 0.15) is 0 Å². The fourth-order valence-corrected chi connectivity index (χ4v) is 4.28. The van der Waals surface area contributed by atoms with Crippen LogP contribution in [0.3, 0.4) is 0 Å². The van der Waals surface area contributed by atoms with Gasteiger partial charge >= 0.3 is 0 Å². The molecule has 1 saturated heterocycles. The van der Waals surface area contributed by atoms with Crippen molar-refractivity contribution in [3.8, 4) is 11.1 Å². The fourth-order valence-electron chi connectivity index (χ4n) is 4.16. The van der Waals surface area contributed by atoms with Gasteiger partial charge in [-0.15, -0.1) is 0 Å². The van der Waals surface area contributed by atoms with Crippen LogP contribution in [0.5, 0.6) is 0 Å². The largest absolute Gasteiger partial charge is 0.303 e. The second-order valence-corrected chi connectivity index (χ2v) is 8.12. The number of benzene rings is 2. The summed E-state index contributed by atoms with van der Waals surface area (Å²) in [5.74, 6) is 0.795. The van der Waals surface area contributed by atoms with Crippen molar-refractivity contribution in [3.05, 3.63) is 59.1 Å². The lowest BCUT2D eigenvalue weighted by molar-refractivity contribution is 0.159. The number of likely N-dealkylation sites (tertiary alicyclic amines) is 1. The molecule has 0 spiro atoms. The number of rotatable bonds is 8. The first-order valence-corrected chi connectivity index (χ1v) is 10.9. The molecule has 0 aliphatic carbocycles. The maximum atomic E-state index is 6.06. The summed E-state index contributed by atoms with van der Waals surface area (Å²) in [5.41, 5.74) is 4.10. The molecule has 3 rings (SSSR count). The zero-order valence-corrected chi connectivity index (χ0v) is 17.6. The van der Waals surface area contributed by atoms with Crippen molar-refractivity contribution in [3.63, 3.8) is 0 Å². The van der Waals surface area contributed by atoms with E-state index < -0.39 is 0 Å². The van der Waals surface area contributed by atoms with Crippen LogP contribution in [0.4, 0.5) is 0 Å². The van der Waals surface area contributed by atoms with Crippen LogP contribution in [0.2, 0.25) is 5.02 Å². The molecule has 2 aromatic rings. The van der Waals surface area contributed by atoms with Gasteiger partial charge in [0.15, 0.2) is 0 Å². The highest BCUT2D eigenvalue weighted by atomic mass is 35.5. The number of piperidine rings is 1. The van der Waals surface area contributed by atoms with Crippen molar-refractivity contribution in [2.24, 2.45) is 5.92 Å². The predicted octanol–water partition coefficient (Wildman–Crippen LogP) is 5.60. The number of hydrogen-bond donors (Lipinski definition) is 0. The lowest BCUT2D eigenvalue weighted by Crippen LogP contribution is -2.40. The highest BCUT2D eigenvalue weighted by Gasteiger charge is 2.20. The standard InChI is InChI=1S/C24H33ClN2/c1-3-26(4-2)17-18-27-15-13-20(14-16-27)19-22-7-5-6-8-24(22)21-9-11-23(25)12-10-21/h5-12,20H,3-4,13-19H2,1-2H3. The molecule has 1 heterocycles. The third-order valence-electron chi connectivity index (χ3n) is 6.02. The van der Waals surface area contributed by atoms with E-state index in [4.69, 9.17) is 11.6 Å². The van der Waals surface area contributed by atoms with Crippen LogP contribution >= 0.6 is 11.6 Å². The minimum absolute atomic E-state index is 0.795. The van der Waals surface area contributed by atoms with Crippen molar-refractivity contribution >= 4 is 11.6 Å². The molecule has 0 saturated carbocycles. The minimum atomic E-state index is 0.795. The molecule has 0 aromatic heterocycles. The topological polar surface area (TPSA) is 6.48 Å². The molecule has 1 fully saturated rings. The summed E-state index contributed by atoms with van der Waals surface area (Å²) in [6, 6.07) is 17.1. The molecule has 0 N–H and O–H groups in total. The summed E-state index contributed by atoms with van der Waals surface area (Å²) in [5, 5.41) is 0.799. The van der Waals surface area contributed by atoms with Gasteiger partial charge in [0.05, 0.1) is 0 Å². The van der Waals surface area contributed by atoms with E-state index in [9.17, 15) is 0 Å². The van der Waals surface area contributed by atoms with E-state index in [2.05, 4.69) is 60.0 Å². The molecule has 0 bridgehead atoms. The van der Waals surface area contributed by atoms with Gasteiger partial charge in [0, 0.05) is 18.1 Å². The third kappa shape index (κ3) is 5.81. The van der Waals surface area contributed by atoms with E-state index >= 15 is 0 Å². The molecule has 0 unspecified atom stereocenters. The van der Waals surface area contributed by atoms with Gasteiger partial charge in [0.25, 0.3) is 0 Å². The Bertz CT molecular complexity index is 686. The highest BCUT2D eigenvalue weighted by molar-refractivity contribution is 6.30. The Morgan fingerprint density at radius 1 is 0.963 bits per heavy atom. The Hall–Kier alpha value is -1.35. The Morgan fingerprint density at radius 2 is 1.63 bits per heavy atom. The van der Waals surface area contributed by atoms with Gasteiger partial charge in [0.2, 0.25) is 0 Å². The number of likely N-dealkylation sites (N-methyl/N-ethyl adjacent to an activating group) is 1. The fraction of sp³-hybridized carbons (Fsp3) is 0.500. The van der Waals surface area contributed by atoms with Crippen LogP contribution < -0.4 is 0 Å². The van der Waals surface area contributed by atoms with Crippen molar-refractivity contribution in [1.29, 1.82) is 0 Å². The van der Waals surface area contributed by atoms with Crippen molar-refractivity contribution in [2.75, 3.05) is 39.3 Å². The molecular formula is C24H33ClN2. The Labute approximate surface area is 170 Å². The average molecular weight is 385 g/mol. The summed E-state index contributed by atoms with van der Waals surface area (Å²) in [6.07, 6.45) is 3.81. The Kier molecular flexibility index (Phi) is 7.75. The second kappa shape index (κ2) is 10.3. The van der Waals surface area contributed by atoms with Crippen LogP contribution in [-0.4, -0.2) is 49.1 Å². The van der Waals surface area contributed by atoms with Crippen molar-refractivity contribution in [1.82, 2.24) is 9.80 Å². The lowest BCUT2D eigenvalue weighted by Gasteiger charge is -2.33. The van der Waals surface area contributed by atoms with Crippen LogP contribution in [-0.2, 0) is 6.42 Å². The van der Waals surface area contributed by atoms with Gasteiger partial charge in [-0.25, -0.2) is 0 Å². The minimum Gasteiger partial charge on any atom is -0.303 e. The van der Waals surface area contributed by atoms with Gasteiger partial charge in [-0.2, -0.15) is 0 Å². The molecule has 2 aromatic carbocycles. The number of nitrogens with zero attached hydrogens (tertiary/aromatic N) is 2. The van der Waals surface area contributed by atoms with E-state index in [0.717, 1.165) is 24.0 Å². The predicted molar refractivity (Wildman–Crippen MR) is 118 cm³/mol. The van der Waals surface area contributed by atoms with E-state index in [1.807, 2.05) is 12.1 Å². The van der Waals surface area contributed by atoms with Crippen molar-refractivity contribution in [2.45, 2.75) is 33.1 Å². The Morgan fingerprint density at radius 3 is 2.30 bits per heavy atom. The first-order valence-electron chi connectivity index (χ1n) is 10.5. The molecule has 2 nitrogen and oxygen atoms in total. The molecule has 146 valence electrons. The maximum Gasteiger partial charge on any atom is 0.0406 e. The zero-order chi connectivity index (χ0) is 19.1. The molecule has 1 aliphatic heterocycles. The lowest BCUT2D eigenvalue weighted by atomic mass is 9.87. The average Bonchev–Trinajstić information content (AvgIpc) is 2.71. The quantitative estimate of drug-likeness (QED) is 0.584. The molecule has 3 heteroatoms. The Balaban J connectivity index is 1.56. The molecule has 1 aliphatic rings. The maximum absolute atomic E-state index is 6.06. The molecule has 0 amide bonds. The number of hydrogen-bond acceptors (Lipinski definition) is 2. The van der Waals surface area contributed by atoms with Gasteiger partial charge < -0.3 is 9.80 Å². The monoisotopic (exact) mass is 384 g/mol. The SMILES string of the molecule is CCN(CC)CCN1CCC(Cc2ccccc2-c2ccc(Cl)cc2)CC1. The summed E-state index contributed by atoms with van der Waals surface area (Å²) in [6.45, 7) is 11.8. The summed E-state index contributed by atoms with van der Waals surface area (Å²) in [4.78, 5) is 5.17. The van der Waals surface area contributed by atoms with Crippen LogP contribution in [0, 0.1) is 5.92 Å². The number of halogens is 1. The van der Waals surface area contributed by atoms with E-state index in [1.165, 1.54) is 62.1 Å². The van der Waals surface area contributed by atoms with Crippen LogP contribution in [0.25, 0.3) is 11.1 Å². The zero-order valence-electron chi connectivity index (χ0n) is 16.8. The van der Waals surface area contributed by atoms with Gasteiger partial charge in [-0.3, -0.25) is 0 Å². The van der Waals surface area contributed by atoms with E-state index in [-0.39, 0.29) is 0 Å². The van der Waals surface area contributed by atoms with Gasteiger partial charge in [-0.1, -0.05) is 61.8 Å². The molecule has 27 heavy (non-hydrogen) atoms. The van der Waals surface area contributed by atoms with E-state index in [0.29, 0.717) is 0 Å². The molecule has 0 atom stereocenters. The van der Waals surface area contributed by atoms with Gasteiger partial charge in [-0.05, 0) is 80.2 Å². The summed E-state index contributed by atoms with van der Waals surface area (Å²) in [7, 11) is 0. The summed E-state index contributed by atoms with van der Waals surface area (Å²) >= 11 is 6.06. The first-order chi connectivity index (χ1) is 13.2. The van der Waals surface area contributed by atoms with E-state index in [1.54, 1.807) is 0 Å². The summed E-state index contributed by atoms with van der Waals surface area (Å²) < 4.78 is 0. The smallest absolute Gasteiger partial charge is 0.0406 e. The second-order valence-electron chi connectivity index (χ2n) is 7.68. The molecular weight excluding hydrogens is 352 g/mol. The normalized spacial score (nSPS) is 16.1. The van der Waals surface area contributed by atoms with Crippen molar-refractivity contribution < 1.29 is 0 Å². The first kappa shape index (κ1) is 20.4. The third-order valence-corrected chi connectivity index (χ3v) is 6.27.